The Kier molecular flexibility index (Phi) is 6.01. The molecule has 3 atom stereocenters. The Hall–Kier alpha value is -4.01. The SMILES string of the molecule is CCS(=N)(=O)c1cc(-c2ccc(N3CC4CC(C3)N4Cc3ccc(OC)nc3)nc2)c2c(C#N)cnn2c1. The lowest BCUT2D eigenvalue weighted by Gasteiger charge is -2.56. The molecule has 3 unspecified atom stereocenters. The van der Waals surface area contributed by atoms with Gasteiger partial charge in [0.1, 0.15) is 11.9 Å². The highest BCUT2D eigenvalue weighted by atomic mass is 32.2. The summed E-state index contributed by atoms with van der Waals surface area (Å²) in [5, 5.41) is 13.9. The number of piperidine rings is 1. The van der Waals surface area contributed by atoms with E-state index < -0.39 is 9.73 Å². The van der Waals surface area contributed by atoms with Crippen molar-refractivity contribution in [2.24, 2.45) is 0 Å². The van der Waals surface area contributed by atoms with Crippen molar-refractivity contribution in [3.05, 3.63) is 66.2 Å². The van der Waals surface area contributed by atoms with Gasteiger partial charge in [-0.05, 0) is 30.2 Å². The van der Waals surface area contributed by atoms with Gasteiger partial charge in [-0.15, -0.1) is 0 Å². The number of nitriles is 1. The largest absolute Gasteiger partial charge is 0.481 e. The van der Waals surface area contributed by atoms with Gasteiger partial charge in [0, 0.05) is 73.3 Å². The molecule has 0 aliphatic carbocycles. The standard InChI is InChI=1S/C27H28N8O2S/c1-3-38(29,36)23-9-24(27-20(10-28)13-32-35(27)17-23)19-5-6-25(30-12-19)33-15-21-8-22(16-33)34(21)14-18-4-7-26(37-2)31-11-18/h4-7,9,11-13,17,21-22,29H,3,8,14-16H2,1-2H3. The van der Waals surface area contributed by atoms with Gasteiger partial charge in [0.25, 0.3) is 0 Å². The van der Waals surface area contributed by atoms with Crippen molar-refractivity contribution in [1.29, 1.82) is 10.0 Å². The zero-order valence-corrected chi connectivity index (χ0v) is 22.1. The van der Waals surface area contributed by atoms with Crippen LogP contribution in [0.2, 0.25) is 0 Å². The number of ether oxygens (including phenoxy) is 1. The lowest BCUT2D eigenvalue weighted by atomic mass is 9.87. The molecule has 0 spiro atoms. The van der Waals surface area contributed by atoms with Crippen LogP contribution in [0.25, 0.3) is 16.6 Å². The van der Waals surface area contributed by atoms with Crippen LogP contribution >= 0.6 is 0 Å². The molecule has 2 bridgehead atoms. The van der Waals surface area contributed by atoms with Crippen molar-refractivity contribution in [3.8, 4) is 23.1 Å². The van der Waals surface area contributed by atoms with Crippen molar-refractivity contribution < 1.29 is 8.95 Å². The Morgan fingerprint density at radius 3 is 2.61 bits per heavy atom. The number of fused-ring (bicyclic) bond motifs is 3. The maximum atomic E-state index is 12.9. The third-order valence-electron chi connectivity index (χ3n) is 7.59. The highest BCUT2D eigenvalue weighted by Gasteiger charge is 2.44. The van der Waals surface area contributed by atoms with Crippen LogP contribution in [0.1, 0.15) is 24.5 Å². The molecule has 7 rings (SSSR count). The van der Waals surface area contributed by atoms with Crippen LogP contribution < -0.4 is 9.64 Å². The summed E-state index contributed by atoms with van der Waals surface area (Å²) in [6.45, 7) is 4.43. The summed E-state index contributed by atoms with van der Waals surface area (Å²) in [7, 11) is -1.34. The molecular weight excluding hydrogens is 500 g/mol. The number of hydrogen-bond acceptors (Lipinski definition) is 9. The van der Waals surface area contributed by atoms with E-state index in [0.29, 0.717) is 39.5 Å². The Morgan fingerprint density at radius 2 is 1.97 bits per heavy atom. The van der Waals surface area contributed by atoms with Gasteiger partial charge >= 0.3 is 0 Å². The fourth-order valence-electron chi connectivity index (χ4n) is 5.45. The van der Waals surface area contributed by atoms with Gasteiger partial charge < -0.3 is 9.64 Å². The molecule has 1 N–H and O–H groups in total. The summed E-state index contributed by atoms with van der Waals surface area (Å²) in [5.41, 5.74) is 3.72. The maximum Gasteiger partial charge on any atom is 0.212 e. The summed E-state index contributed by atoms with van der Waals surface area (Å²) in [5.74, 6) is 1.74. The number of anilines is 1. The summed E-state index contributed by atoms with van der Waals surface area (Å²) >= 11 is 0. The molecule has 10 nitrogen and oxygen atoms in total. The average Bonchev–Trinajstić information content (AvgIpc) is 3.39. The first-order valence-corrected chi connectivity index (χ1v) is 14.3. The molecule has 3 fully saturated rings. The monoisotopic (exact) mass is 528 g/mol. The summed E-state index contributed by atoms with van der Waals surface area (Å²) in [6, 6.07) is 12.8. The number of rotatable bonds is 7. The van der Waals surface area contributed by atoms with Gasteiger partial charge in [0.2, 0.25) is 5.88 Å². The van der Waals surface area contributed by atoms with Crippen molar-refractivity contribution in [2.45, 2.75) is 36.9 Å². The Labute approximate surface area is 221 Å². The predicted octanol–water partition coefficient (Wildman–Crippen LogP) is 3.56. The second kappa shape index (κ2) is 9.38. The molecule has 0 saturated carbocycles. The van der Waals surface area contributed by atoms with E-state index in [9.17, 15) is 9.47 Å². The van der Waals surface area contributed by atoms with Crippen molar-refractivity contribution in [3.63, 3.8) is 0 Å². The number of methoxy groups -OCH3 is 1. The summed E-state index contributed by atoms with van der Waals surface area (Å²) in [4.78, 5) is 14.4. The highest BCUT2D eigenvalue weighted by Crippen LogP contribution is 2.36. The van der Waals surface area contributed by atoms with Crippen molar-refractivity contribution in [1.82, 2.24) is 24.5 Å². The quantitative estimate of drug-likeness (QED) is 0.386. The molecular formula is C27H28N8O2S. The molecule has 0 aromatic carbocycles. The van der Waals surface area contributed by atoms with E-state index >= 15 is 0 Å². The minimum Gasteiger partial charge on any atom is -0.481 e. The summed E-state index contributed by atoms with van der Waals surface area (Å²) in [6.07, 6.45) is 7.95. The smallest absolute Gasteiger partial charge is 0.212 e. The minimum atomic E-state index is -2.96. The molecule has 7 heterocycles. The van der Waals surface area contributed by atoms with Crippen LogP contribution in [0.4, 0.5) is 5.82 Å². The molecule has 194 valence electrons. The van der Waals surface area contributed by atoms with Gasteiger partial charge in [0.05, 0.1) is 39.0 Å². The Balaban J connectivity index is 1.23. The number of pyridine rings is 3. The van der Waals surface area contributed by atoms with E-state index in [1.807, 2.05) is 24.4 Å². The highest BCUT2D eigenvalue weighted by molar-refractivity contribution is 7.92. The van der Waals surface area contributed by atoms with Crippen LogP contribution in [-0.4, -0.2) is 66.7 Å². The molecule has 11 heteroatoms. The van der Waals surface area contributed by atoms with Crippen LogP contribution in [0, 0.1) is 16.1 Å². The third kappa shape index (κ3) is 4.15. The average molecular weight is 529 g/mol. The Morgan fingerprint density at radius 1 is 1.16 bits per heavy atom. The number of aromatic nitrogens is 4. The molecule has 0 radical (unpaired) electrons. The van der Waals surface area contributed by atoms with Crippen LogP contribution in [0.15, 0.2) is 60.0 Å². The van der Waals surface area contributed by atoms with Gasteiger partial charge in [-0.1, -0.05) is 13.0 Å². The van der Waals surface area contributed by atoms with E-state index in [-0.39, 0.29) is 5.75 Å². The second-order valence-corrected chi connectivity index (χ2v) is 12.2. The number of nitrogens with zero attached hydrogens (tertiary/aromatic N) is 7. The molecule has 3 aliphatic rings. The summed E-state index contributed by atoms with van der Waals surface area (Å²) < 4.78 is 27.8. The van der Waals surface area contributed by atoms with E-state index in [0.717, 1.165) is 31.0 Å². The third-order valence-corrected chi connectivity index (χ3v) is 9.39. The predicted molar refractivity (Wildman–Crippen MR) is 144 cm³/mol. The first-order chi connectivity index (χ1) is 18.4. The van der Waals surface area contributed by atoms with Crippen LogP contribution in [0.5, 0.6) is 5.88 Å². The van der Waals surface area contributed by atoms with Crippen LogP contribution in [0.3, 0.4) is 0 Å². The normalized spacial score (nSPS) is 20.5. The molecule has 3 saturated heterocycles. The van der Waals surface area contributed by atoms with Crippen LogP contribution in [-0.2, 0) is 16.3 Å². The topological polar surface area (TPSA) is 124 Å². The number of piperazine rings is 1. The lowest BCUT2D eigenvalue weighted by molar-refractivity contribution is -0.00876. The molecule has 3 aliphatic heterocycles. The van der Waals surface area contributed by atoms with Gasteiger partial charge in [-0.3, -0.25) is 4.90 Å². The fourth-order valence-corrected chi connectivity index (χ4v) is 6.36. The van der Waals surface area contributed by atoms with Gasteiger partial charge in [0.15, 0.2) is 0 Å². The molecule has 4 aromatic rings. The maximum absolute atomic E-state index is 12.9. The molecule has 0 amide bonds. The van der Waals surface area contributed by atoms with E-state index in [1.54, 1.807) is 37.0 Å². The fraction of sp³-hybridized carbons (Fsp3) is 0.333. The zero-order valence-electron chi connectivity index (χ0n) is 21.2. The van der Waals surface area contributed by atoms with Crippen molar-refractivity contribution in [2.75, 3.05) is 30.9 Å². The van der Waals surface area contributed by atoms with E-state index in [1.165, 1.54) is 18.2 Å². The number of hydrogen-bond donors (Lipinski definition) is 1. The molecule has 38 heavy (non-hydrogen) atoms. The Bertz CT molecular complexity index is 1630. The minimum absolute atomic E-state index is 0.199. The molecule has 4 aromatic heterocycles. The van der Waals surface area contributed by atoms with E-state index in [4.69, 9.17) is 14.5 Å². The van der Waals surface area contributed by atoms with Gasteiger partial charge in [-0.25, -0.2) is 23.5 Å². The van der Waals surface area contributed by atoms with E-state index in [2.05, 4.69) is 32.0 Å². The zero-order chi connectivity index (χ0) is 26.4. The first kappa shape index (κ1) is 24.3. The van der Waals surface area contributed by atoms with Gasteiger partial charge in [-0.2, -0.15) is 10.4 Å². The number of nitrogens with one attached hydrogen (secondary N) is 1. The first-order valence-electron chi connectivity index (χ1n) is 12.5. The lowest BCUT2D eigenvalue weighted by Crippen LogP contribution is -2.68. The van der Waals surface area contributed by atoms with Crippen molar-refractivity contribution >= 4 is 21.1 Å². The second-order valence-electron chi connectivity index (χ2n) is 9.75.